The Kier molecular flexibility index (Phi) is 2.58. The van der Waals surface area contributed by atoms with Crippen molar-refractivity contribution in [3.63, 3.8) is 0 Å². The molecule has 0 aliphatic carbocycles. The van der Waals surface area contributed by atoms with Gasteiger partial charge < -0.3 is 15.6 Å². The number of rotatable bonds is 2. The predicted molar refractivity (Wildman–Crippen MR) is 67.4 cm³/mol. The summed E-state index contributed by atoms with van der Waals surface area (Å²) in [5.41, 5.74) is 5.13. The number of aliphatic hydroxyl groups excluding tert-OH is 1. The summed E-state index contributed by atoms with van der Waals surface area (Å²) in [5.74, 6) is 0.0413. The van der Waals surface area contributed by atoms with Gasteiger partial charge in [-0.25, -0.2) is 4.98 Å². The number of hydrogen-bond acceptors (Lipinski definition) is 6. The Labute approximate surface area is 108 Å². The zero-order chi connectivity index (χ0) is 13.6. The molecular weight excluding hydrogens is 250 g/mol. The molecular formula is C11H15N5O3. The van der Waals surface area contributed by atoms with Gasteiger partial charge in [-0.05, 0) is 19.8 Å². The monoisotopic (exact) mass is 265 g/mol. The molecule has 4 N–H and O–H groups in total. The second-order valence-corrected chi connectivity index (χ2v) is 4.87. The van der Waals surface area contributed by atoms with Crippen LogP contribution in [0.4, 0.5) is 5.95 Å². The number of aromatic nitrogens is 4. The van der Waals surface area contributed by atoms with Crippen molar-refractivity contribution in [3.8, 4) is 0 Å². The number of ether oxygens (including phenoxy) is 1. The molecule has 0 aromatic carbocycles. The highest BCUT2D eigenvalue weighted by Gasteiger charge is 2.38. The Bertz CT molecular complexity index is 679. The summed E-state index contributed by atoms with van der Waals surface area (Å²) in [4.78, 5) is 22.3. The molecule has 3 heterocycles. The van der Waals surface area contributed by atoms with Crippen LogP contribution in [-0.4, -0.2) is 37.3 Å². The Balaban J connectivity index is 2.14. The van der Waals surface area contributed by atoms with Gasteiger partial charge >= 0.3 is 0 Å². The maximum absolute atomic E-state index is 11.7. The minimum absolute atomic E-state index is 0.0294. The lowest BCUT2D eigenvalue weighted by Crippen LogP contribution is -2.31. The fraction of sp³-hybridized carbons (Fsp3) is 0.545. The average molecular weight is 265 g/mol. The fourth-order valence-corrected chi connectivity index (χ4v) is 2.48. The van der Waals surface area contributed by atoms with Gasteiger partial charge in [0.2, 0.25) is 5.95 Å². The van der Waals surface area contributed by atoms with E-state index in [-0.39, 0.29) is 29.7 Å². The first-order valence-corrected chi connectivity index (χ1v) is 6.05. The minimum atomic E-state index is -0.671. The third kappa shape index (κ3) is 1.80. The van der Waals surface area contributed by atoms with Crippen LogP contribution in [0.5, 0.6) is 0 Å². The average Bonchev–Trinajstić information content (AvgIpc) is 2.93. The van der Waals surface area contributed by atoms with Gasteiger partial charge in [-0.3, -0.25) is 14.3 Å². The first-order chi connectivity index (χ1) is 9.03. The molecule has 19 heavy (non-hydrogen) atoms. The van der Waals surface area contributed by atoms with Gasteiger partial charge in [0.15, 0.2) is 11.2 Å². The van der Waals surface area contributed by atoms with Gasteiger partial charge in [0, 0.05) is 0 Å². The van der Waals surface area contributed by atoms with Gasteiger partial charge in [-0.15, -0.1) is 0 Å². The van der Waals surface area contributed by atoms with E-state index in [0.717, 1.165) is 6.42 Å². The van der Waals surface area contributed by atoms with Gasteiger partial charge in [0.25, 0.3) is 5.56 Å². The number of nitrogens with zero attached hydrogens (tertiary/aromatic N) is 3. The SMILES string of the molecule is C[C@]1(n2cnc3c(=O)[nH]c(N)nc32)CC[C@@H](CO)O1. The molecule has 1 aliphatic heterocycles. The number of fused-ring (bicyclic) bond motifs is 1. The molecule has 2 atom stereocenters. The van der Waals surface area contributed by atoms with Crippen molar-refractivity contribution in [2.24, 2.45) is 0 Å². The van der Waals surface area contributed by atoms with E-state index in [0.29, 0.717) is 12.1 Å². The third-order valence-electron chi connectivity index (χ3n) is 3.49. The summed E-state index contributed by atoms with van der Waals surface area (Å²) < 4.78 is 7.51. The first-order valence-electron chi connectivity index (χ1n) is 6.05. The molecule has 0 unspecified atom stereocenters. The van der Waals surface area contributed by atoms with Crippen LogP contribution in [0.25, 0.3) is 11.2 Å². The molecule has 0 amide bonds. The van der Waals surface area contributed by atoms with Gasteiger partial charge in [0.05, 0.1) is 19.0 Å². The molecule has 2 aromatic heterocycles. The zero-order valence-electron chi connectivity index (χ0n) is 10.5. The second kappa shape index (κ2) is 4.04. The van der Waals surface area contributed by atoms with E-state index in [1.54, 1.807) is 4.57 Å². The number of nitrogen functional groups attached to an aromatic ring is 1. The fourth-order valence-electron chi connectivity index (χ4n) is 2.48. The van der Waals surface area contributed by atoms with Crippen LogP contribution in [0.1, 0.15) is 19.8 Å². The minimum Gasteiger partial charge on any atom is -0.394 e. The Hall–Kier alpha value is -1.93. The molecule has 8 nitrogen and oxygen atoms in total. The summed E-state index contributed by atoms with van der Waals surface area (Å²) in [6.45, 7) is 1.85. The largest absolute Gasteiger partial charge is 0.394 e. The summed E-state index contributed by atoms with van der Waals surface area (Å²) in [7, 11) is 0. The number of imidazole rings is 1. The number of anilines is 1. The molecule has 1 fully saturated rings. The van der Waals surface area contributed by atoms with Crippen LogP contribution in [0.15, 0.2) is 11.1 Å². The van der Waals surface area contributed by atoms with Crippen molar-refractivity contribution in [2.45, 2.75) is 31.6 Å². The number of hydrogen-bond donors (Lipinski definition) is 3. The molecule has 3 rings (SSSR count). The van der Waals surface area contributed by atoms with E-state index in [9.17, 15) is 4.79 Å². The number of H-pyrrole nitrogens is 1. The summed E-state index contributed by atoms with van der Waals surface area (Å²) in [5, 5.41) is 9.16. The normalized spacial score (nSPS) is 27.2. The standard InChI is InChI=1S/C11H15N5O3/c1-11(3-2-6(4-17)19-11)16-5-13-7-8(16)14-10(12)15-9(7)18/h5-6,17H,2-4H2,1H3,(H3,12,14,15,18)/t6-,11+/m0/s1. The van der Waals surface area contributed by atoms with E-state index >= 15 is 0 Å². The number of aliphatic hydroxyl groups is 1. The Morgan fingerprint density at radius 3 is 3.21 bits per heavy atom. The van der Waals surface area contributed by atoms with Crippen LogP contribution < -0.4 is 11.3 Å². The maximum atomic E-state index is 11.7. The van der Waals surface area contributed by atoms with E-state index in [1.807, 2.05) is 6.92 Å². The molecule has 0 bridgehead atoms. The van der Waals surface area contributed by atoms with E-state index in [2.05, 4.69) is 15.0 Å². The number of nitrogens with one attached hydrogen (secondary N) is 1. The Morgan fingerprint density at radius 1 is 1.74 bits per heavy atom. The molecule has 0 radical (unpaired) electrons. The predicted octanol–water partition coefficient (Wildman–Crippen LogP) is -0.454. The molecule has 1 saturated heterocycles. The van der Waals surface area contributed by atoms with Crippen LogP contribution in [0.3, 0.4) is 0 Å². The summed E-state index contributed by atoms with van der Waals surface area (Å²) in [6, 6.07) is 0. The van der Waals surface area contributed by atoms with Crippen molar-refractivity contribution >= 4 is 17.1 Å². The van der Waals surface area contributed by atoms with Crippen molar-refractivity contribution in [1.82, 2.24) is 19.5 Å². The topological polar surface area (TPSA) is 119 Å². The van der Waals surface area contributed by atoms with Crippen molar-refractivity contribution in [3.05, 3.63) is 16.7 Å². The van der Waals surface area contributed by atoms with Crippen LogP contribution >= 0.6 is 0 Å². The smallest absolute Gasteiger partial charge is 0.280 e. The maximum Gasteiger partial charge on any atom is 0.280 e. The van der Waals surface area contributed by atoms with Gasteiger partial charge in [-0.1, -0.05) is 0 Å². The van der Waals surface area contributed by atoms with Gasteiger partial charge in [0.1, 0.15) is 5.72 Å². The zero-order valence-corrected chi connectivity index (χ0v) is 10.5. The summed E-state index contributed by atoms with van der Waals surface area (Å²) >= 11 is 0. The summed E-state index contributed by atoms with van der Waals surface area (Å²) in [6.07, 6.45) is 2.76. The third-order valence-corrected chi connectivity index (χ3v) is 3.49. The first kappa shape index (κ1) is 12.1. The molecule has 8 heteroatoms. The molecule has 0 saturated carbocycles. The van der Waals surface area contributed by atoms with E-state index in [4.69, 9.17) is 15.6 Å². The Morgan fingerprint density at radius 2 is 2.53 bits per heavy atom. The van der Waals surface area contributed by atoms with Crippen molar-refractivity contribution in [1.29, 1.82) is 0 Å². The van der Waals surface area contributed by atoms with Crippen LogP contribution in [0.2, 0.25) is 0 Å². The van der Waals surface area contributed by atoms with Crippen molar-refractivity contribution < 1.29 is 9.84 Å². The molecule has 0 spiro atoms. The van der Waals surface area contributed by atoms with Crippen LogP contribution in [-0.2, 0) is 10.5 Å². The van der Waals surface area contributed by atoms with Crippen LogP contribution in [0, 0.1) is 0 Å². The highest BCUT2D eigenvalue weighted by atomic mass is 16.5. The highest BCUT2D eigenvalue weighted by molar-refractivity contribution is 5.70. The van der Waals surface area contributed by atoms with Gasteiger partial charge in [-0.2, -0.15) is 4.98 Å². The van der Waals surface area contributed by atoms with E-state index < -0.39 is 5.72 Å². The number of aromatic amines is 1. The molecule has 1 aliphatic rings. The second-order valence-electron chi connectivity index (χ2n) is 4.87. The van der Waals surface area contributed by atoms with E-state index in [1.165, 1.54) is 6.33 Å². The van der Waals surface area contributed by atoms with Crippen molar-refractivity contribution in [2.75, 3.05) is 12.3 Å². The lowest BCUT2D eigenvalue weighted by molar-refractivity contribution is -0.0954. The highest BCUT2D eigenvalue weighted by Crippen LogP contribution is 2.35. The lowest BCUT2D eigenvalue weighted by atomic mass is 10.1. The number of nitrogens with two attached hydrogens (primary N) is 1. The molecule has 102 valence electrons. The quantitative estimate of drug-likeness (QED) is 0.676. The molecule has 2 aromatic rings. The lowest BCUT2D eigenvalue weighted by Gasteiger charge is -2.26.